The van der Waals surface area contributed by atoms with E-state index >= 15 is 0 Å². The molecule has 0 aliphatic carbocycles. The van der Waals surface area contributed by atoms with Crippen LogP contribution in [0.25, 0.3) is 44.3 Å². The number of amides is 1. The van der Waals surface area contributed by atoms with Gasteiger partial charge in [-0.2, -0.15) is 10.2 Å². The topological polar surface area (TPSA) is 175 Å². The summed E-state index contributed by atoms with van der Waals surface area (Å²) in [6, 6.07) is 15.5. The molecule has 3 aliphatic rings. The van der Waals surface area contributed by atoms with Crippen molar-refractivity contribution in [2.24, 2.45) is 0 Å². The molecule has 6 aromatic rings. The number of aromatic nitrogens is 7. The van der Waals surface area contributed by atoms with Crippen molar-refractivity contribution in [2.75, 3.05) is 58.1 Å². The van der Waals surface area contributed by atoms with Crippen molar-refractivity contribution in [3.05, 3.63) is 71.7 Å². The van der Waals surface area contributed by atoms with Gasteiger partial charge in [-0.25, -0.2) is 15.0 Å². The molecule has 3 N–H and O–H groups in total. The van der Waals surface area contributed by atoms with Crippen molar-refractivity contribution in [1.82, 2.24) is 40.7 Å². The van der Waals surface area contributed by atoms with Crippen LogP contribution in [0.2, 0.25) is 0 Å². The molecule has 0 saturated carbocycles. The Kier molecular flexibility index (Phi) is 10.2. The Morgan fingerprint density at radius 1 is 0.839 bits per heavy atom. The van der Waals surface area contributed by atoms with Gasteiger partial charge in [0.2, 0.25) is 11.8 Å². The van der Waals surface area contributed by atoms with Gasteiger partial charge in [-0.15, -0.1) is 0 Å². The lowest BCUT2D eigenvalue weighted by atomic mass is 10.0. The number of H-pyrrole nitrogens is 2. The number of ether oxygens (including phenoxy) is 5. The Hall–Kier alpha value is -5.64. The third kappa shape index (κ3) is 7.49. The molecule has 3 fully saturated rings. The van der Waals surface area contributed by atoms with Crippen molar-refractivity contribution >= 4 is 33.5 Å². The third-order valence-electron chi connectivity index (χ3n) is 10.7. The molecule has 15 nitrogen and oxygen atoms in total. The van der Waals surface area contributed by atoms with E-state index in [0.29, 0.717) is 68.9 Å². The lowest BCUT2D eigenvalue weighted by Crippen LogP contribution is -2.36. The summed E-state index contributed by atoms with van der Waals surface area (Å²) < 4.78 is 30.9. The molecule has 5 aromatic heterocycles. The van der Waals surface area contributed by atoms with E-state index in [4.69, 9.17) is 43.8 Å². The van der Waals surface area contributed by atoms with Crippen LogP contribution in [-0.4, -0.2) is 113 Å². The van der Waals surface area contributed by atoms with Crippen molar-refractivity contribution in [1.29, 1.82) is 0 Å². The van der Waals surface area contributed by atoms with Crippen LogP contribution >= 0.6 is 0 Å². The zero-order chi connectivity index (χ0) is 38.0. The largest absolute Gasteiger partial charge is 0.474 e. The van der Waals surface area contributed by atoms with E-state index in [0.717, 1.165) is 88.2 Å². The first-order valence-corrected chi connectivity index (χ1v) is 19.4. The van der Waals surface area contributed by atoms with Gasteiger partial charge in [0, 0.05) is 86.5 Å². The SMILES string of the molecule is CNC(=O)c1cccc(-c2n[nH]c3cc(CC4CC(Oc5nc(C)cc6[nH]nc(-c7ccnc(N8CCOCC8)c7)c56)CCO4)nc(OC4CCOCC4)c23)c1. The fourth-order valence-electron chi connectivity index (χ4n) is 7.81. The van der Waals surface area contributed by atoms with E-state index in [-0.39, 0.29) is 24.2 Å². The maximum atomic E-state index is 12.5. The Balaban J connectivity index is 0.977. The Labute approximate surface area is 323 Å². The summed E-state index contributed by atoms with van der Waals surface area (Å²) in [5.41, 5.74) is 7.05. The Bertz CT molecular complexity index is 2350. The lowest BCUT2D eigenvalue weighted by molar-refractivity contribution is -0.0350. The highest BCUT2D eigenvalue weighted by Gasteiger charge is 2.29. The maximum absolute atomic E-state index is 12.5. The number of benzene rings is 1. The smallest absolute Gasteiger partial charge is 0.251 e. The summed E-state index contributed by atoms with van der Waals surface area (Å²) in [5.74, 6) is 1.79. The second-order valence-electron chi connectivity index (χ2n) is 14.5. The number of carbonyl (C=O) groups excluding carboxylic acids is 1. The average molecular weight is 760 g/mol. The molecule has 0 spiro atoms. The molecule has 2 unspecified atom stereocenters. The summed E-state index contributed by atoms with van der Waals surface area (Å²) in [6.07, 6.45) is 4.96. The summed E-state index contributed by atoms with van der Waals surface area (Å²) in [7, 11) is 1.62. The van der Waals surface area contributed by atoms with Crippen LogP contribution in [0.1, 0.15) is 47.4 Å². The molecule has 290 valence electrons. The van der Waals surface area contributed by atoms with Crippen molar-refractivity contribution in [3.8, 4) is 34.3 Å². The molecule has 2 atom stereocenters. The van der Waals surface area contributed by atoms with E-state index < -0.39 is 0 Å². The number of hydrogen-bond acceptors (Lipinski definition) is 12. The molecular weight excluding hydrogens is 715 g/mol. The molecule has 8 heterocycles. The fraction of sp³-hybridized carbons (Fsp3) is 0.415. The van der Waals surface area contributed by atoms with Crippen LogP contribution in [0.15, 0.2) is 54.7 Å². The molecule has 56 heavy (non-hydrogen) atoms. The van der Waals surface area contributed by atoms with Crippen molar-refractivity contribution in [3.63, 3.8) is 0 Å². The molecular formula is C41H45N9O6. The number of morpholine rings is 1. The molecule has 15 heteroatoms. The number of fused-ring (bicyclic) bond motifs is 2. The highest BCUT2D eigenvalue weighted by Crippen LogP contribution is 2.37. The number of rotatable bonds is 10. The van der Waals surface area contributed by atoms with E-state index in [2.05, 4.69) is 31.5 Å². The molecule has 3 saturated heterocycles. The first kappa shape index (κ1) is 36.0. The number of aromatic amines is 2. The highest BCUT2D eigenvalue weighted by atomic mass is 16.5. The summed E-state index contributed by atoms with van der Waals surface area (Å²) in [4.78, 5) is 29.3. The van der Waals surface area contributed by atoms with Crippen LogP contribution < -0.4 is 19.7 Å². The van der Waals surface area contributed by atoms with E-state index in [1.54, 1.807) is 13.1 Å². The minimum absolute atomic E-state index is 0.0389. The quantitative estimate of drug-likeness (QED) is 0.167. The van der Waals surface area contributed by atoms with Gasteiger partial charge in [0.1, 0.15) is 29.4 Å². The zero-order valence-corrected chi connectivity index (χ0v) is 31.5. The lowest BCUT2D eigenvalue weighted by Gasteiger charge is -2.30. The van der Waals surface area contributed by atoms with Crippen LogP contribution in [0.5, 0.6) is 11.8 Å². The van der Waals surface area contributed by atoms with Crippen molar-refractivity contribution in [2.45, 2.75) is 57.3 Å². The van der Waals surface area contributed by atoms with Gasteiger partial charge < -0.3 is 33.9 Å². The second-order valence-corrected chi connectivity index (χ2v) is 14.5. The molecule has 0 radical (unpaired) electrons. The Morgan fingerprint density at radius 3 is 2.32 bits per heavy atom. The van der Waals surface area contributed by atoms with Crippen LogP contribution in [0, 0.1) is 6.92 Å². The summed E-state index contributed by atoms with van der Waals surface area (Å²) >= 11 is 0. The standard InChI is InChI=1S/C41H45N9O6/c1-24-18-32-35(38(49-46-32)26-6-10-43-34(20-26)50-11-16-53-17-12-50)40(44-24)56-30-9-15-54-31(23-30)21-28-22-33-36(41(45-28)55-29-7-13-52-14-8-29)37(48-47-33)25-4-3-5-27(19-25)39(51)42-2/h3-6,10,18-20,22,29-31H,7-9,11-17,21,23H2,1-2H3,(H,42,51)(H,46,49)(H,47,48). The maximum Gasteiger partial charge on any atom is 0.251 e. The molecule has 1 aromatic carbocycles. The van der Waals surface area contributed by atoms with Crippen LogP contribution in [0.4, 0.5) is 5.82 Å². The van der Waals surface area contributed by atoms with Gasteiger partial charge in [-0.05, 0) is 43.3 Å². The number of anilines is 1. The monoisotopic (exact) mass is 759 g/mol. The minimum atomic E-state index is -0.167. The van der Waals surface area contributed by atoms with Crippen LogP contribution in [0.3, 0.4) is 0 Å². The van der Waals surface area contributed by atoms with Gasteiger partial charge in [-0.1, -0.05) is 12.1 Å². The molecule has 1 amide bonds. The summed E-state index contributed by atoms with van der Waals surface area (Å²) in [6.45, 7) is 6.73. The summed E-state index contributed by atoms with van der Waals surface area (Å²) in [5, 5.41) is 20.2. The fourth-order valence-corrected chi connectivity index (χ4v) is 7.81. The predicted molar refractivity (Wildman–Crippen MR) is 209 cm³/mol. The van der Waals surface area contributed by atoms with Crippen molar-refractivity contribution < 1.29 is 28.5 Å². The predicted octanol–water partition coefficient (Wildman–Crippen LogP) is 5.19. The van der Waals surface area contributed by atoms with Crippen LogP contribution in [-0.2, 0) is 20.6 Å². The third-order valence-corrected chi connectivity index (χ3v) is 10.7. The second kappa shape index (κ2) is 15.8. The van der Waals surface area contributed by atoms with Gasteiger partial charge in [0.15, 0.2) is 0 Å². The molecule has 3 aliphatic heterocycles. The Morgan fingerprint density at radius 2 is 1.54 bits per heavy atom. The number of aryl methyl sites for hydroxylation is 1. The van der Waals surface area contributed by atoms with Gasteiger partial charge >= 0.3 is 0 Å². The number of nitrogens with zero attached hydrogens (tertiary/aromatic N) is 6. The zero-order valence-electron chi connectivity index (χ0n) is 31.5. The highest BCUT2D eigenvalue weighted by molar-refractivity contribution is 6.00. The minimum Gasteiger partial charge on any atom is -0.474 e. The number of nitrogens with one attached hydrogen (secondary N) is 3. The van der Waals surface area contributed by atoms with E-state index in [1.165, 1.54) is 0 Å². The normalized spacial score (nSPS) is 19.4. The number of hydrogen-bond donors (Lipinski definition) is 3. The first-order chi connectivity index (χ1) is 27.5. The van der Waals surface area contributed by atoms with Gasteiger partial charge in [-0.3, -0.25) is 15.0 Å². The molecule has 0 bridgehead atoms. The average Bonchev–Trinajstić information content (AvgIpc) is 3.87. The van der Waals surface area contributed by atoms with E-state index in [1.807, 2.05) is 49.5 Å². The first-order valence-electron chi connectivity index (χ1n) is 19.4. The van der Waals surface area contributed by atoms with E-state index in [9.17, 15) is 4.79 Å². The number of pyridine rings is 3. The molecule has 9 rings (SSSR count). The van der Waals surface area contributed by atoms with Gasteiger partial charge in [0.25, 0.3) is 5.91 Å². The number of carbonyl (C=O) groups is 1. The van der Waals surface area contributed by atoms with Gasteiger partial charge in [0.05, 0.1) is 60.9 Å².